The van der Waals surface area contributed by atoms with Crippen molar-refractivity contribution in [1.29, 1.82) is 0 Å². The molecule has 5 nitrogen and oxygen atoms in total. The molecule has 24 heavy (non-hydrogen) atoms. The summed E-state index contributed by atoms with van der Waals surface area (Å²) in [4.78, 5) is 14.9. The van der Waals surface area contributed by atoms with Crippen molar-refractivity contribution in [2.45, 2.75) is 31.6 Å². The number of nitrogens with zero attached hydrogens (tertiary/aromatic N) is 1. The van der Waals surface area contributed by atoms with Crippen molar-refractivity contribution in [2.24, 2.45) is 11.8 Å². The zero-order valence-electron chi connectivity index (χ0n) is 14.8. The topological polar surface area (TPSA) is 66.5 Å². The van der Waals surface area contributed by atoms with E-state index in [1.54, 1.807) is 12.1 Å². The summed E-state index contributed by atoms with van der Waals surface area (Å²) in [7, 11) is -3.30. The Morgan fingerprint density at radius 1 is 1.29 bits per heavy atom. The van der Waals surface area contributed by atoms with Crippen molar-refractivity contribution in [3.8, 4) is 0 Å². The molecule has 134 valence electrons. The predicted octanol–water partition coefficient (Wildman–Crippen LogP) is 2.19. The summed E-state index contributed by atoms with van der Waals surface area (Å²) in [6.07, 6.45) is 3.34. The number of likely N-dealkylation sites (tertiary alicyclic amines) is 1. The minimum Gasteiger partial charge on any atom is -0.352 e. The summed E-state index contributed by atoms with van der Waals surface area (Å²) >= 11 is 0. The van der Waals surface area contributed by atoms with Gasteiger partial charge in [0.1, 0.15) is 0 Å². The standard InChI is InChI=1S/C18H28N2O3S/c1-14(2)13-20-9-7-15(8-10-20)12-19-18(21)16-5-4-6-17(11-16)24(3,22)23/h4-6,11,14-15H,7-10,12-13H2,1-3H3,(H,19,21). The number of sulfone groups is 1. The van der Waals surface area contributed by atoms with Crippen LogP contribution in [0.15, 0.2) is 29.2 Å². The third-order valence-corrected chi connectivity index (χ3v) is 5.52. The molecule has 1 aromatic carbocycles. The van der Waals surface area contributed by atoms with Crippen LogP contribution < -0.4 is 5.32 Å². The van der Waals surface area contributed by atoms with Gasteiger partial charge in [-0.25, -0.2) is 8.42 Å². The van der Waals surface area contributed by atoms with E-state index in [2.05, 4.69) is 24.1 Å². The van der Waals surface area contributed by atoms with Crippen LogP contribution in [-0.2, 0) is 9.84 Å². The van der Waals surface area contributed by atoms with Gasteiger partial charge in [-0.1, -0.05) is 19.9 Å². The van der Waals surface area contributed by atoms with Gasteiger partial charge in [-0.05, 0) is 56.0 Å². The van der Waals surface area contributed by atoms with Gasteiger partial charge in [-0.15, -0.1) is 0 Å². The largest absolute Gasteiger partial charge is 0.352 e. The van der Waals surface area contributed by atoms with Crippen molar-refractivity contribution in [3.05, 3.63) is 29.8 Å². The number of carbonyl (C=O) groups excluding carboxylic acids is 1. The Morgan fingerprint density at radius 3 is 2.54 bits per heavy atom. The summed E-state index contributed by atoms with van der Waals surface area (Å²) in [6.45, 7) is 8.42. The molecule has 1 aromatic rings. The lowest BCUT2D eigenvalue weighted by atomic mass is 9.96. The Hall–Kier alpha value is -1.40. The molecule has 6 heteroatoms. The Kier molecular flexibility index (Phi) is 6.40. The van der Waals surface area contributed by atoms with E-state index in [0.29, 0.717) is 23.9 Å². The van der Waals surface area contributed by atoms with Crippen LogP contribution >= 0.6 is 0 Å². The van der Waals surface area contributed by atoms with Gasteiger partial charge in [-0.3, -0.25) is 4.79 Å². The second-order valence-electron chi connectivity index (χ2n) is 7.15. The first-order valence-electron chi connectivity index (χ1n) is 8.56. The molecule has 1 fully saturated rings. The third-order valence-electron chi connectivity index (χ3n) is 4.41. The molecule has 1 heterocycles. The van der Waals surface area contributed by atoms with Crippen LogP contribution in [0.2, 0.25) is 0 Å². The van der Waals surface area contributed by atoms with Gasteiger partial charge in [0, 0.05) is 24.9 Å². The van der Waals surface area contributed by atoms with Gasteiger partial charge in [-0.2, -0.15) is 0 Å². The smallest absolute Gasteiger partial charge is 0.251 e. The van der Waals surface area contributed by atoms with Crippen LogP contribution in [0.5, 0.6) is 0 Å². The van der Waals surface area contributed by atoms with E-state index in [1.807, 2.05) is 0 Å². The first kappa shape index (κ1) is 18.9. The molecule has 0 aromatic heterocycles. The first-order chi connectivity index (χ1) is 11.3. The van der Waals surface area contributed by atoms with Crippen LogP contribution in [0.3, 0.4) is 0 Å². The fraction of sp³-hybridized carbons (Fsp3) is 0.611. The molecular formula is C18H28N2O3S. The molecule has 0 unspecified atom stereocenters. The van der Waals surface area contributed by atoms with Crippen LogP contribution in [0.1, 0.15) is 37.0 Å². The van der Waals surface area contributed by atoms with E-state index in [-0.39, 0.29) is 10.8 Å². The number of amides is 1. The molecule has 1 aliphatic rings. The van der Waals surface area contributed by atoms with Crippen LogP contribution in [0, 0.1) is 11.8 Å². The average molecular weight is 353 g/mol. The number of hydrogen-bond acceptors (Lipinski definition) is 4. The number of carbonyl (C=O) groups is 1. The van der Waals surface area contributed by atoms with Crippen LogP contribution in [-0.4, -0.2) is 51.7 Å². The molecule has 0 atom stereocenters. The van der Waals surface area contributed by atoms with E-state index in [0.717, 1.165) is 38.7 Å². The molecular weight excluding hydrogens is 324 g/mol. The Morgan fingerprint density at radius 2 is 1.96 bits per heavy atom. The van der Waals surface area contributed by atoms with Gasteiger partial charge in [0.05, 0.1) is 4.90 Å². The molecule has 1 aliphatic heterocycles. The second-order valence-corrected chi connectivity index (χ2v) is 9.16. The van der Waals surface area contributed by atoms with Crippen LogP contribution in [0.4, 0.5) is 0 Å². The summed E-state index contributed by atoms with van der Waals surface area (Å²) in [5, 5.41) is 2.95. The van der Waals surface area contributed by atoms with Gasteiger partial charge >= 0.3 is 0 Å². The Labute approximate surface area is 145 Å². The normalized spacial score (nSPS) is 17.2. The molecule has 0 saturated carbocycles. The summed E-state index contributed by atoms with van der Waals surface area (Å²) in [5.41, 5.74) is 0.398. The minimum absolute atomic E-state index is 0.178. The molecule has 1 N–H and O–H groups in total. The highest BCUT2D eigenvalue weighted by Crippen LogP contribution is 2.18. The van der Waals surface area contributed by atoms with Crippen molar-refractivity contribution in [1.82, 2.24) is 10.2 Å². The number of benzene rings is 1. The number of nitrogens with one attached hydrogen (secondary N) is 1. The summed E-state index contributed by atoms with van der Waals surface area (Å²) < 4.78 is 23.2. The highest BCUT2D eigenvalue weighted by molar-refractivity contribution is 7.90. The molecule has 0 bridgehead atoms. The summed E-state index contributed by atoms with van der Waals surface area (Å²) in [6, 6.07) is 6.21. The highest BCUT2D eigenvalue weighted by atomic mass is 32.2. The monoisotopic (exact) mass is 352 g/mol. The SMILES string of the molecule is CC(C)CN1CCC(CNC(=O)c2cccc(S(C)(=O)=O)c2)CC1. The Bertz CT molecular complexity index is 663. The molecule has 0 spiro atoms. The lowest BCUT2D eigenvalue weighted by Crippen LogP contribution is -2.40. The van der Waals surface area contributed by atoms with E-state index in [4.69, 9.17) is 0 Å². The van der Waals surface area contributed by atoms with E-state index < -0.39 is 9.84 Å². The van der Waals surface area contributed by atoms with Crippen molar-refractivity contribution >= 4 is 15.7 Å². The number of rotatable bonds is 6. The van der Waals surface area contributed by atoms with E-state index in [1.165, 1.54) is 12.1 Å². The fourth-order valence-electron chi connectivity index (χ4n) is 3.10. The van der Waals surface area contributed by atoms with Crippen molar-refractivity contribution in [2.75, 3.05) is 32.4 Å². The van der Waals surface area contributed by atoms with Crippen LogP contribution in [0.25, 0.3) is 0 Å². The van der Waals surface area contributed by atoms with Crippen molar-refractivity contribution < 1.29 is 13.2 Å². The molecule has 2 rings (SSSR count). The summed E-state index contributed by atoms with van der Waals surface area (Å²) in [5.74, 6) is 0.976. The Balaban J connectivity index is 1.84. The maximum Gasteiger partial charge on any atom is 0.251 e. The molecule has 0 aliphatic carbocycles. The zero-order chi connectivity index (χ0) is 17.7. The van der Waals surface area contributed by atoms with E-state index in [9.17, 15) is 13.2 Å². The third kappa shape index (κ3) is 5.60. The average Bonchev–Trinajstić information content (AvgIpc) is 2.53. The minimum atomic E-state index is -3.30. The zero-order valence-corrected chi connectivity index (χ0v) is 15.6. The fourth-order valence-corrected chi connectivity index (χ4v) is 3.76. The maximum absolute atomic E-state index is 12.3. The quantitative estimate of drug-likeness (QED) is 0.852. The molecule has 1 saturated heterocycles. The highest BCUT2D eigenvalue weighted by Gasteiger charge is 2.20. The van der Waals surface area contributed by atoms with Gasteiger partial charge in [0.15, 0.2) is 9.84 Å². The maximum atomic E-state index is 12.3. The molecule has 1 amide bonds. The first-order valence-corrected chi connectivity index (χ1v) is 10.5. The second kappa shape index (κ2) is 8.12. The van der Waals surface area contributed by atoms with E-state index >= 15 is 0 Å². The van der Waals surface area contributed by atoms with Gasteiger partial charge in [0.25, 0.3) is 5.91 Å². The lowest BCUT2D eigenvalue weighted by molar-refractivity contribution is 0.0934. The molecule has 0 radical (unpaired) electrons. The lowest BCUT2D eigenvalue weighted by Gasteiger charge is -2.33. The number of piperidine rings is 1. The van der Waals surface area contributed by atoms with Crippen molar-refractivity contribution in [3.63, 3.8) is 0 Å². The van der Waals surface area contributed by atoms with Gasteiger partial charge < -0.3 is 10.2 Å². The predicted molar refractivity (Wildman–Crippen MR) is 95.9 cm³/mol. The van der Waals surface area contributed by atoms with Gasteiger partial charge in [0.2, 0.25) is 0 Å². The number of hydrogen-bond donors (Lipinski definition) is 1.